The van der Waals surface area contributed by atoms with Gasteiger partial charge in [0, 0.05) is 19.1 Å². The van der Waals surface area contributed by atoms with Crippen LogP contribution in [-0.4, -0.2) is 30.1 Å². The third kappa shape index (κ3) is 1.90. The number of carbonyl (C=O) groups excluding carboxylic acids is 1. The maximum absolute atomic E-state index is 11.3. The lowest BCUT2D eigenvalue weighted by Crippen LogP contribution is -2.37. The molecule has 1 unspecified atom stereocenters. The number of hydrogen-bond donors (Lipinski definition) is 1. The number of rotatable bonds is 4. The molecular formula is C9H18N2O. The van der Waals surface area contributed by atoms with Gasteiger partial charge in [-0.05, 0) is 12.8 Å². The molecular weight excluding hydrogens is 152 g/mol. The zero-order chi connectivity index (χ0) is 8.97. The molecule has 3 heteroatoms. The highest BCUT2D eigenvalue weighted by Gasteiger charge is 2.25. The molecule has 1 heterocycles. The molecule has 0 spiro atoms. The fourth-order valence-corrected chi connectivity index (χ4v) is 1.75. The topological polar surface area (TPSA) is 32.3 Å². The lowest BCUT2D eigenvalue weighted by Gasteiger charge is -2.24. The Morgan fingerprint density at radius 3 is 2.75 bits per heavy atom. The van der Waals surface area contributed by atoms with Crippen LogP contribution in [0.15, 0.2) is 0 Å². The van der Waals surface area contributed by atoms with Gasteiger partial charge in [0.15, 0.2) is 0 Å². The van der Waals surface area contributed by atoms with E-state index in [1.54, 1.807) is 0 Å². The SMILES string of the molecule is CCCC(CC)N1CCNC1=O. The first-order valence-electron chi connectivity index (χ1n) is 4.84. The van der Waals surface area contributed by atoms with E-state index in [2.05, 4.69) is 19.2 Å². The van der Waals surface area contributed by atoms with E-state index in [-0.39, 0.29) is 6.03 Å². The van der Waals surface area contributed by atoms with Gasteiger partial charge < -0.3 is 10.2 Å². The Hall–Kier alpha value is -0.730. The Morgan fingerprint density at radius 1 is 1.58 bits per heavy atom. The van der Waals surface area contributed by atoms with Gasteiger partial charge in [-0.3, -0.25) is 0 Å². The summed E-state index contributed by atoms with van der Waals surface area (Å²) < 4.78 is 0. The van der Waals surface area contributed by atoms with Gasteiger partial charge >= 0.3 is 6.03 Å². The number of hydrogen-bond acceptors (Lipinski definition) is 1. The molecule has 1 aliphatic heterocycles. The summed E-state index contributed by atoms with van der Waals surface area (Å²) in [6.07, 6.45) is 3.35. The standard InChI is InChI=1S/C9H18N2O/c1-3-5-8(4-2)11-7-6-10-9(11)12/h8H,3-7H2,1-2H3,(H,10,12). The summed E-state index contributed by atoms with van der Waals surface area (Å²) in [6.45, 7) is 6.01. The van der Waals surface area contributed by atoms with Crippen molar-refractivity contribution in [2.45, 2.75) is 39.2 Å². The van der Waals surface area contributed by atoms with Gasteiger partial charge in [0.1, 0.15) is 0 Å². The second kappa shape index (κ2) is 4.33. The Labute approximate surface area is 74.1 Å². The van der Waals surface area contributed by atoms with Gasteiger partial charge in [0.2, 0.25) is 0 Å². The van der Waals surface area contributed by atoms with Gasteiger partial charge in [-0.2, -0.15) is 0 Å². The van der Waals surface area contributed by atoms with Crippen molar-refractivity contribution in [2.24, 2.45) is 0 Å². The monoisotopic (exact) mass is 170 g/mol. The Bertz CT molecular complexity index is 159. The van der Waals surface area contributed by atoms with Crippen molar-refractivity contribution in [1.29, 1.82) is 0 Å². The van der Waals surface area contributed by atoms with Gasteiger partial charge in [-0.15, -0.1) is 0 Å². The molecule has 1 aliphatic rings. The van der Waals surface area contributed by atoms with E-state index in [4.69, 9.17) is 0 Å². The van der Waals surface area contributed by atoms with E-state index in [1.165, 1.54) is 0 Å². The van der Waals surface area contributed by atoms with Gasteiger partial charge in [-0.25, -0.2) is 4.79 Å². The lowest BCUT2D eigenvalue weighted by atomic mass is 10.1. The highest BCUT2D eigenvalue weighted by molar-refractivity contribution is 5.76. The molecule has 12 heavy (non-hydrogen) atoms. The minimum absolute atomic E-state index is 0.121. The molecule has 1 saturated heterocycles. The van der Waals surface area contributed by atoms with Gasteiger partial charge in [0.05, 0.1) is 0 Å². The Balaban J connectivity index is 2.46. The Morgan fingerprint density at radius 2 is 2.33 bits per heavy atom. The molecule has 1 fully saturated rings. The van der Waals surface area contributed by atoms with Gasteiger partial charge in [-0.1, -0.05) is 20.3 Å². The summed E-state index contributed by atoms with van der Waals surface area (Å²) in [5.41, 5.74) is 0. The van der Waals surface area contributed by atoms with E-state index < -0.39 is 0 Å². The van der Waals surface area contributed by atoms with Crippen molar-refractivity contribution in [3.63, 3.8) is 0 Å². The van der Waals surface area contributed by atoms with Crippen molar-refractivity contribution in [1.82, 2.24) is 10.2 Å². The fraction of sp³-hybridized carbons (Fsp3) is 0.889. The van der Waals surface area contributed by atoms with Crippen LogP contribution in [0.5, 0.6) is 0 Å². The van der Waals surface area contributed by atoms with E-state index in [0.717, 1.165) is 32.4 Å². The molecule has 2 amide bonds. The first-order valence-corrected chi connectivity index (χ1v) is 4.84. The second-order valence-electron chi connectivity index (χ2n) is 3.28. The van der Waals surface area contributed by atoms with Crippen LogP contribution in [0, 0.1) is 0 Å². The van der Waals surface area contributed by atoms with Crippen molar-refractivity contribution in [3.05, 3.63) is 0 Å². The minimum Gasteiger partial charge on any atom is -0.336 e. The number of nitrogens with one attached hydrogen (secondary N) is 1. The maximum atomic E-state index is 11.3. The molecule has 0 saturated carbocycles. The van der Waals surface area contributed by atoms with Crippen LogP contribution in [0.4, 0.5) is 4.79 Å². The second-order valence-corrected chi connectivity index (χ2v) is 3.28. The van der Waals surface area contributed by atoms with Crippen LogP contribution in [-0.2, 0) is 0 Å². The molecule has 1 atom stereocenters. The number of urea groups is 1. The zero-order valence-corrected chi connectivity index (χ0v) is 7.97. The zero-order valence-electron chi connectivity index (χ0n) is 7.97. The maximum Gasteiger partial charge on any atom is 0.317 e. The van der Waals surface area contributed by atoms with Crippen molar-refractivity contribution in [2.75, 3.05) is 13.1 Å². The van der Waals surface area contributed by atoms with Crippen LogP contribution in [0.25, 0.3) is 0 Å². The number of nitrogens with zero attached hydrogens (tertiary/aromatic N) is 1. The molecule has 0 aliphatic carbocycles. The number of carbonyl (C=O) groups is 1. The summed E-state index contributed by atoms with van der Waals surface area (Å²) in [5.74, 6) is 0. The van der Waals surface area contributed by atoms with E-state index in [9.17, 15) is 4.79 Å². The molecule has 0 bridgehead atoms. The highest BCUT2D eigenvalue weighted by atomic mass is 16.2. The van der Waals surface area contributed by atoms with Crippen LogP contribution in [0.1, 0.15) is 33.1 Å². The quantitative estimate of drug-likeness (QED) is 0.682. The van der Waals surface area contributed by atoms with Crippen LogP contribution >= 0.6 is 0 Å². The van der Waals surface area contributed by atoms with E-state index >= 15 is 0 Å². The molecule has 0 radical (unpaired) electrons. The van der Waals surface area contributed by atoms with Gasteiger partial charge in [0.25, 0.3) is 0 Å². The molecule has 0 aromatic carbocycles. The smallest absolute Gasteiger partial charge is 0.317 e. The van der Waals surface area contributed by atoms with Crippen molar-refractivity contribution >= 4 is 6.03 Å². The summed E-state index contributed by atoms with van der Waals surface area (Å²) in [7, 11) is 0. The van der Waals surface area contributed by atoms with Crippen molar-refractivity contribution < 1.29 is 4.79 Å². The summed E-state index contributed by atoms with van der Waals surface area (Å²) >= 11 is 0. The van der Waals surface area contributed by atoms with Crippen LogP contribution in [0.2, 0.25) is 0 Å². The fourth-order valence-electron chi connectivity index (χ4n) is 1.75. The molecule has 70 valence electrons. The predicted molar refractivity (Wildman–Crippen MR) is 49.1 cm³/mol. The third-order valence-corrected chi connectivity index (χ3v) is 2.42. The molecule has 0 aromatic heterocycles. The molecule has 1 N–H and O–H groups in total. The third-order valence-electron chi connectivity index (χ3n) is 2.42. The summed E-state index contributed by atoms with van der Waals surface area (Å²) in [5, 5.41) is 2.83. The first-order chi connectivity index (χ1) is 5.79. The van der Waals surface area contributed by atoms with Crippen LogP contribution < -0.4 is 5.32 Å². The Kier molecular flexibility index (Phi) is 3.38. The van der Waals surface area contributed by atoms with Crippen LogP contribution in [0.3, 0.4) is 0 Å². The average Bonchev–Trinajstić information content (AvgIpc) is 2.47. The van der Waals surface area contributed by atoms with E-state index in [0.29, 0.717) is 6.04 Å². The lowest BCUT2D eigenvalue weighted by molar-refractivity contribution is 0.192. The highest BCUT2D eigenvalue weighted by Crippen LogP contribution is 2.12. The minimum atomic E-state index is 0.121. The largest absolute Gasteiger partial charge is 0.336 e. The normalized spacial score (nSPS) is 19.5. The first kappa shape index (κ1) is 9.36. The molecule has 3 nitrogen and oxygen atoms in total. The summed E-state index contributed by atoms with van der Waals surface area (Å²) in [4.78, 5) is 13.2. The molecule has 0 aromatic rings. The predicted octanol–water partition coefficient (Wildman–Crippen LogP) is 1.59. The van der Waals surface area contributed by atoms with E-state index in [1.807, 2.05) is 4.90 Å². The average molecular weight is 170 g/mol. The molecule has 1 rings (SSSR count). The number of amides is 2. The van der Waals surface area contributed by atoms with Crippen molar-refractivity contribution in [3.8, 4) is 0 Å². The summed E-state index contributed by atoms with van der Waals surface area (Å²) in [6, 6.07) is 0.577.